The van der Waals surface area contributed by atoms with Crippen LogP contribution in [0.25, 0.3) is 11.5 Å². The average molecular weight is 210 g/mol. The fourth-order valence-corrected chi connectivity index (χ4v) is 1.22. The zero-order valence-electron chi connectivity index (χ0n) is 7.27. The highest BCUT2D eigenvalue weighted by Gasteiger charge is 2.05. The van der Waals surface area contributed by atoms with Crippen LogP contribution in [0.2, 0.25) is 5.35 Å². The first-order valence-electron chi connectivity index (χ1n) is 4.08. The Balaban J connectivity index is 2.33. The smallest absolute Gasteiger partial charge is 0.313 e. The standard InChI is InChI=1S/C9H8ClN3O/c10-9-13-12-8(14-9)7-3-1-6(5-11)2-4-7/h1-4H,5,11H2. The molecule has 0 atom stereocenters. The molecule has 0 aliphatic heterocycles. The molecule has 1 heterocycles. The van der Waals surface area contributed by atoms with Crippen LogP contribution in [0.3, 0.4) is 0 Å². The Morgan fingerprint density at radius 3 is 2.43 bits per heavy atom. The van der Waals surface area contributed by atoms with E-state index in [1.54, 1.807) is 0 Å². The lowest BCUT2D eigenvalue weighted by molar-refractivity contribution is 0.571. The second-order valence-electron chi connectivity index (χ2n) is 2.76. The molecule has 2 aromatic rings. The molecule has 5 heteroatoms. The summed E-state index contributed by atoms with van der Waals surface area (Å²) in [7, 11) is 0. The molecule has 0 aliphatic carbocycles. The van der Waals surface area contributed by atoms with Crippen molar-refractivity contribution in [2.24, 2.45) is 5.73 Å². The average Bonchev–Trinajstić information content (AvgIpc) is 2.65. The Kier molecular flexibility index (Phi) is 2.47. The van der Waals surface area contributed by atoms with E-state index in [0.717, 1.165) is 11.1 Å². The number of aromatic nitrogens is 2. The van der Waals surface area contributed by atoms with Crippen LogP contribution in [0.15, 0.2) is 28.7 Å². The summed E-state index contributed by atoms with van der Waals surface area (Å²) in [5.74, 6) is 0.415. The molecule has 2 rings (SSSR count). The highest BCUT2D eigenvalue weighted by Crippen LogP contribution is 2.19. The maximum Gasteiger partial charge on any atom is 0.313 e. The highest BCUT2D eigenvalue weighted by atomic mass is 35.5. The van der Waals surface area contributed by atoms with Gasteiger partial charge in [0.1, 0.15) is 0 Å². The molecular formula is C9H8ClN3O. The van der Waals surface area contributed by atoms with Crippen LogP contribution in [-0.2, 0) is 6.54 Å². The number of halogens is 1. The predicted molar refractivity (Wildman–Crippen MR) is 52.6 cm³/mol. The van der Waals surface area contributed by atoms with Gasteiger partial charge in [0, 0.05) is 12.1 Å². The van der Waals surface area contributed by atoms with Crippen molar-refractivity contribution in [2.45, 2.75) is 6.54 Å². The van der Waals surface area contributed by atoms with E-state index in [1.165, 1.54) is 0 Å². The van der Waals surface area contributed by atoms with Crippen LogP contribution < -0.4 is 5.73 Å². The second-order valence-corrected chi connectivity index (χ2v) is 3.08. The van der Waals surface area contributed by atoms with Crippen molar-refractivity contribution in [1.82, 2.24) is 10.2 Å². The van der Waals surface area contributed by atoms with E-state index in [9.17, 15) is 0 Å². The van der Waals surface area contributed by atoms with Crippen molar-refractivity contribution >= 4 is 11.6 Å². The molecule has 0 amide bonds. The number of nitrogens with two attached hydrogens (primary N) is 1. The van der Waals surface area contributed by atoms with Gasteiger partial charge in [0.2, 0.25) is 5.89 Å². The van der Waals surface area contributed by atoms with Crippen LogP contribution in [-0.4, -0.2) is 10.2 Å². The summed E-state index contributed by atoms with van der Waals surface area (Å²) in [6.45, 7) is 0.519. The molecule has 0 aliphatic rings. The van der Waals surface area contributed by atoms with E-state index in [0.29, 0.717) is 12.4 Å². The normalized spacial score (nSPS) is 10.4. The monoisotopic (exact) mass is 209 g/mol. The SMILES string of the molecule is NCc1ccc(-c2nnc(Cl)o2)cc1. The molecule has 4 nitrogen and oxygen atoms in total. The van der Waals surface area contributed by atoms with Gasteiger partial charge in [-0.1, -0.05) is 17.2 Å². The number of rotatable bonds is 2. The highest BCUT2D eigenvalue weighted by molar-refractivity contribution is 6.27. The summed E-state index contributed by atoms with van der Waals surface area (Å²) < 4.78 is 5.06. The Hall–Kier alpha value is -1.39. The molecule has 0 unspecified atom stereocenters. The Bertz CT molecular complexity index is 424. The molecular weight excluding hydrogens is 202 g/mol. The minimum Gasteiger partial charge on any atom is -0.407 e. The number of benzene rings is 1. The van der Waals surface area contributed by atoms with Gasteiger partial charge in [-0.05, 0) is 29.3 Å². The number of hydrogen-bond acceptors (Lipinski definition) is 4. The van der Waals surface area contributed by atoms with Crippen molar-refractivity contribution in [1.29, 1.82) is 0 Å². The lowest BCUT2D eigenvalue weighted by atomic mass is 10.1. The molecule has 72 valence electrons. The van der Waals surface area contributed by atoms with Crippen LogP contribution in [0.4, 0.5) is 0 Å². The number of hydrogen-bond donors (Lipinski definition) is 1. The van der Waals surface area contributed by atoms with Gasteiger partial charge in [-0.2, -0.15) is 0 Å². The van der Waals surface area contributed by atoms with Gasteiger partial charge < -0.3 is 10.2 Å². The molecule has 0 fully saturated rings. The van der Waals surface area contributed by atoms with Crippen molar-refractivity contribution in [2.75, 3.05) is 0 Å². The Morgan fingerprint density at radius 2 is 1.93 bits per heavy atom. The second kappa shape index (κ2) is 3.77. The van der Waals surface area contributed by atoms with E-state index < -0.39 is 0 Å². The molecule has 0 saturated carbocycles. The predicted octanol–water partition coefficient (Wildman–Crippen LogP) is 1.85. The zero-order valence-corrected chi connectivity index (χ0v) is 8.03. The Morgan fingerprint density at radius 1 is 1.21 bits per heavy atom. The third-order valence-electron chi connectivity index (χ3n) is 1.84. The minimum atomic E-state index is 0.0444. The summed E-state index contributed by atoms with van der Waals surface area (Å²) in [5.41, 5.74) is 7.36. The fraction of sp³-hybridized carbons (Fsp3) is 0.111. The molecule has 2 N–H and O–H groups in total. The topological polar surface area (TPSA) is 64.9 Å². The van der Waals surface area contributed by atoms with Gasteiger partial charge in [-0.15, -0.1) is 5.10 Å². The van der Waals surface area contributed by atoms with E-state index in [2.05, 4.69) is 10.2 Å². The molecule has 14 heavy (non-hydrogen) atoms. The maximum atomic E-state index is 5.51. The van der Waals surface area contributed by atoms with E-state index in [4.69, 9.17) is 21.8 Å². The van der Waals surface area contributed by atoms with Crippen LogP contribution in [0.5, 0.6) is 0 Å². The summed E-state index contributed by atoms with van der Waals surface area (Å²) in [4.78, 5) is 0. The minimum absolute atomic E-state index is 0.0444. The van der Waals surface area contributed by atoms with Crippen LogP contribution in [0, 0.1) is 0 Å². The largest absolute Gasteiger partial charge is 0.407 e. The van der Waals surface area contributed by atoms with Gasteiger partial charge in [-0.3, -0.25) is 0 Å². The van der Waals surface area contributed by atoms with E-state index >= 15 is 0 Å². The van der Waals surface area contributed by atoms with Crippen molar-refractivity contribution < 1.29 is 4.42 Å². The zero-order chi connectivity index (χ0) is 9.97. The summed E-state index contributed by atoms with van der Waals surface area (Å²) in [6, 6.07) is 7.55. The van der Waals surface area contributed by atoms with Gasteiger partial charge in [-0.25, -0.2) is 0 Å². The molecule has 0 radical (unpaired) electrons. The van der Waals surface area contributed by atoms with E-state index in [-0.39, 0.29) is 5.35 Å². The van der Waals surface area contributed by atoms with Gasteiger partial charge in [0.05, 0.1) is 0 Å². The third kappa shape index (κ3) is 1.76. The molecule has 0 saturated heterocycles. The molecule has 0 spiro atoms. The first-order chi connectivity index (χ1) is 6.79. The van der Waals surface area contributed by atoms with Gasteiger partial charge in [0.15, 0.2) is 0 Å². The van der Waals surface area contributed by atoms with Gasteiger partial charge in [0.25, 0.3) is 0 Å². The summed E-state index contributed by atoms with van der Waals surface area (Å²) >= 11 is 5.51. The Labute approximate surface area is 85.7 Å². The fourth-order valence-electron chi connectivity index (χ4n) is 1.11. The summed E-state index contributed by atoms with van der Waals surface area (Å²) in [6.07, 6.45) is 0. The quantitative estimate of drug-likeness (QED) is 0.820. The van der Waals surface area contributed by atoms with Gasteiger partial charge >= 0.3 is 5.35 Å². The first kappa shape index (κ1) is 9.18. The first-order valence-corrected chi connectivity index (χ1v) is 4.46. The summed E-state index contributed by atoms with van der Waals surface area (Å²) in [5, 5.41) is 7.37. The van der Waals surface area contributed by atoms with Crippen LogP contribution >= 0.6 is 11.6 Å². The molecule has 1 aromatic carbocycles. The van der Waals surface area contributed by atoms with Crippen molar-refractivity contribution in [3.8, 4) is 11.5 Å². The maximum absolute atomic E-state index is 5.51. The van der Waals surface area contributed by atoms with E-state index in [1.807, 2.05) is 24.3 Å². The molecule has 1 aromatic heterocycles. The van der Waals surface area contributed by atoms with Crippen molar-refractivity contribution in [3.63, 3.8) is 0 Å². The number of nitrogens with zero attached hydrogens (tertiary/aromatic N) is 2. The van der Waals surface area contributed by atoms with Crippen molar-refractivity contribution in [3.05, 3.63) is 35.2 Å². The van der Waals surface area contributed by atoms with Crippen LogP contribution in [0.1, 0.15) is 5.56 Å². The lowest BCUT2D eigenvalue weighted by Crippen LogP contribution is -1.95. The third-order valence-corrected chi connectivity index (χ3v) is 1.99. The molecule has 0 bridgehead atoms. The lowest BCUT2D eigenvalue weighted by Gasteiger charge is -1.97.